The van der Waals surface area contributed by atoms with Gasteiger partial charge in [0.05, 0.1) is 16.7 Å². The molecule has 5 heteroatoms. The Morgan fingerprint density at radius 2 is 1.90 bits per heavy atom. The van der Waals surface area contributed by atoms with E-state index in [-0.39, 0.29) is 5.91 Å². The average molecular weight is 336 g/mol. The van der Waals surface area contributed by atoms with E-state index in [0.717, 1.165) is 21.5 Å². The molecular formula is C15H18BrN3O. The summed E-state index contributed by atoms with van der Waals surface area (Å²) in [5.41, 5.74) is 4.00. The molecule has 4 nitrogen and oxygen atoms in total. The lowest BCUT2D eigenvalue weighted by Crippen LogP contribution is -2.15. The predicted molar refractivity (Wildman–Crippen MR) is 83.8 cm³/mol. The smallest absolute Gasteiger partial charge is 0.226 e. The predicted octanol–water partition coefficient (Wildman–Crippen LogP) is 3.60. The maximum atomic E-state index is 11.9. The van der Waals surface area contributed by atoms with Crippen LogP contribution in [0.5, 0.6) is 0 Å². The third-order valence-corrected chi connectivity index (χ3v) is 4.33. The fraction of sp³-hybridized carbons (Fsp3) is 0.333. The quantitative estimate of drug-likeness (QED) is 0.927. The van der Waals surface area contributed by atoms with Gasteiger partial charge >= 0.3 is 0 Å². The number of carbonyl (C=O) groups is 1. The first-order valence-corrected chi connectivity index (χ1v) is 7.32. The van der Waals surface area contributed by atoms with E-state index >= 15 is 0 Å². The summed E-state index contributed by atoms with van der Waals surface area (Å²) in [6.07, 6.45) is 0.405. The standard InChI is InChI=1S/C15H18BrN3O/c1-10-4-6-13(7-5-10)17-14(20)8-9-19-12(3)15(16)11(2)18-19/h4-7H,8-9H2,1-3H3,(H,17,20). The number of aryl methyl sites for hydroxylation is 3. The summed E-state index contributed by atoms with van der Waals surface area (Å²) < 4.78 is 2.87. The van der Waals surface area contributed by atoms with Gasteiger partial charge < -0.3 is 5.32 Å². The number of hydrogen-bond acceptors (Lipinski definition) is 2. The van der Waals surface area contributed by atoms with Gasteiger partial charge in [0.1, 0.15) is 0 Å². The van der Waals surface area contributed by atoms with Gasteiger partial charge in [-0.2, -0.15) is 5.10 Å². The van der Waals surface area contributed by atoms with Gasteiger partial charge in [0.15, 0.2) is 0 Å². The molecule has 0 saturated carbocycles. The first kappa shape index (κ1) is 14.8. The van der Waals surface area contributed by atoms with Crippen LogP contribution in [0.15, 0.2) is 28.7 Å². The first-order valence-electron chi connectivity index (χ1n) is 6.53. The Morgan fingerprint density at radius 1 is 1.25 bits per heavy atom. The maximum absolute atomic E-state index is 11.9. The normalized spacial score (nSPS) is 10.6. The molecule has 0 fully saturated rings. The Morgan fingerprint density at radius 3 is 2.45 bits per heavy atom. The minimum Gasteiger partial charge on any atom is -0.326 e. The highest BCUT2D eigenvalue weighted by molar-refractivity contribution is 9.10. The molecule has 20 heavy (non-hydrogen) atoms. The van der Waals surface area contributed by atoms with E-state index in [9.17, 15) is 4.79 Å². The van der Waals surface area contributed by atoms with E-state index in [1.54, 1.807) is 0 Å². The lowest BCUT2D eigenvalue weighted by molar-refractivity contribution is -0.116. The number of halogens is 1. The molecule has 1 N–H and O–H groups in total. The second kappa shape index (κ2) is 6.22. The minimum absolute atomic E-state index is 0.00229. The van der Waals surface area contributed by atoms with Crippen LogP contribution < -0.4 is 5.32 Å². The second-order valence-electron chi connectivity index (χ2n) is 4.87. The van der Waals surface area contributed by atoms with E-state index in [4.69, 9.17) is 0 Å². The van der Waals surface area contributed by atoms with Gasteiger partial charge in [-0.15, -0.1) is 0 Å². The lowest BCUT2D eigenvalue weighted by Gasteiger charge is -2.07. The van der Waals surface area contributed by atoms with Gasteiger partial charge in [-0.25, -0.2) is 0 Å². The third kappa shape index (κ3) is 3.48. The number of rotatable bonds is 4. The van der Waals surface area contributed by atoms with E-state index in [2.05, 4.69) is 26.3 Å². The van der Waals surface area contributed by atoms with Crippen LogP contribution in [0, 0.1) is 20.8 Å². The molecule has 0 atom stereocenters. The number of nitrogens with zero attached hydrogens (tertiary/aromatic N) is 2. The van der Waals surface area contributed by atoms with Crippen molar-refractivity contribution in [3.8, 4) is 0 Å². The van der Waals surface area contributed by atoms with Crippen LogP contribution in [0.1, 0.15) is 23.4 Å². The van der Waals surface area contributed by atoms with Crippen LogP contribution in [-0.4, -0.2) is 15.7 Å². The zero-order valence-electron chi connectivity index (χ0n) is 11.9. The van der Waals surface area contributed by atoms with Crippen molar-refractivity contribution in [1.29, 1.82) is 0 Å². The van der Waals surface area contributed by atoms with Crippen molar-refractivity contribution in [1.82, 2.24) is 9.78 Å². The van der Waals surface area contributed by atoms with Crippen LogP contribution >= 0.6 is 15.9 Å². The van der Waals surface area contributed by atoms with Crippen molar-refractivity contribution in [2.45, 2.75) is 33.7 Å². The molecule has 0 saturated heterocycles. The van der Waals surface area contributed by atoms with Gasteiger partial charge in [-0.1, -0.05) is 17.7 Å². The van der Waals surface area contributed by atoms with Crippen LogP contribution in [-0.2, 0) is 11.3 Å². The molecular weight excluding hydrogens is 318 g/mol. The summed E-state index contributed by atoms with van der Waals surface area (Å²) in [7, 11) is 0. The Bertz CT molecular complexity index is 617. The second-order valence-corrected chi connectivity index (χ2v) is 5.67. The largest absolute Gasteiger partial charge is 0.326 e. The van der Waals surface area contributed by atoms with Gasteiger partial charge in [0.25, 0.3) is 0 Å². The Hall–Kier alpha value is -1.62. The van der Waals surface area contributed by atoms with Crippen molar-refractivity contribution < 1.29 is 4.79 Å². The fourth-order valence-electron chi connectivity index (χ4n) is 1.96. The topological polar surface area (TPSA) is 46.9 Å². The Balaban J connectivity index is 1.92. The van der Waals surface area contributed by atoms with Crippen LogP contribution in [0.25, 0.3) is 0 Å². The number of anilines is 1. The highest BCUT2D eigenvalue weighted by atomic mass is 79.9. The zero-order valence-corrected chi connectivity index (χ0v) is 13.5. The van der Waals surface area contributed by atoms with Crippen molar-refractivity contribution >= 4 is 27.5 Å². The summed E-state index contributed by atoms with van der Waals surface area (Å²) in [5, 5.41) is 7.28. The molecule has 0 unspecified atom stereocenters. The summed E-state index contributed by atoms with van der Waals surface area (Å²) in [6.45, 7) is 6.53. The summed E-state index contributed by atoms with van der Waals surface area (Å²) >= 11 is 3.48. The molecule has 0 radical (unpaired) electrons. The fourth-order valence-corrected chi connectivity index (χ4v) is 2.24. The van der Waals surface area contributed by atoms with Crippen LogP contribution in [0.4, 0.5) is 5.69 Å². The SMILES string of the molecule is Cc1ccc(NC(=O)CCn2nc(C)c(Br)c2C)cc1. The summed E-state index contributed by atoms with van der Waals surface area (Å²) in [5.74, 6) is -0.00229. The van der Waals surface area contributed by atoms with Crippen molar-refractivity contribution in [2.75, 3.05) is 5.32 Å². The highest BCUT2D eigenvalue weighted by Crippen LogP contribution is 2.20. The number of carbonyl (C=O) groups excluding carboxylic acids is 1. The van der Waals surface area contributed by atoms with Gasteiger partial charge in [0, 0.05) is 17.8 Å². The van der Waals surface area contributed by atoms with E-state index < -0.39 is 0 Å². The monoisotopic (exact) mass is 335 g/mol. The third-order valence-electron chi connectivity index (χ3n) is 3.18. The molecule has 1 amide bonds. The number of aromatic nitrogens is 2. The van der Waals surface area contributed by atoms with E-state index in [1.165, 1.54) is 5.56 Å². The molecule has 0 aliphatic heterocycles. The van der Waals surface area contributed by atoms with Gasteiger partial charge in [0.2, 0.25) is 5.91 Å². The molecule has 1 aromatic carbocycles. The Kier molecular flexibility index (Phi) is 4.60. The van der Waals surface area contributed by atoms with Crippen LogP contribution in [0.3, 0.4) is 0 Å². The molecule has 1 heterocycles. The molecule has 0 bridgehead atoms. The highest BCUT2D eigenvalue weighted by Gasteiger charge is 2.10. The molecule has 0 aliphatic carbocycles. The number of benzene rings is 1. The van der Waals surface area contributed by atoms with Crippen molar-refractivity contribution in [3.63, 3.8) is 0 Å². The number of nitrogens with one attached hydrogen (secondary N) is 1. The average Bonchev–Trinajstić information content (AvgIpc) is 2.66. The minimum atomic E-state index is -0.00229. The van der Waals surface area contributed by atoms with Crippen molar-refractivity contribution in [3.05, 3.63) is 45.7 Å². The summed E-state index contributed by atoms with van der Waals surface area (Å²) in [4.78, 5) is 11.9. The molecule has 0 spiro atoms. The number of amides is 1. The molecule has 0 aliphatic rings. The maximum Gasteiger partial charge on any atom is 0.226 e. The molecule has 2 aromatic rings. The molecule has 106 valence electrons. The van der Waals surface area contributed by atoms with Gasteiger partial charge in [-0.3, -0.25) is 9.48 Å². The summed E-state index contributed by atoms with van der Waals surface area (Å²) in [6, 6.07) is 7.78. The van der Waals surface area contributed by atoms with Gasteiger partial charge in [-0.05, 0) is 48.8 Å². The molecule has 1 aromatic heterocycles. The molecule has 2 rings (SSSR count). The zero-order chi connectivity index (χ0) is 14.7. The number of hydrogen-bond donors (Lipinski definition) is 1. The van der Waals surface area contributed by atoms with E-state index in [1.807, 2.05) is 49.7 Å². The Labute approximate surface area is 127 Å². The van der Waals surface area contributed by atoms with E-state index in [0.29, 0.717) is 13.0 Å². The van der Waals surface area contributed by atoms with Crippen molar-refractivity contribution in [2.24, 2.45) is 0 Å². The first-order chi connectivity index (χ1) is 9.47. The lowest BCUT2D eigenvalue weighted by atomic mass is 10.2. The van der Waals surface area contributed by atoms with Crippen LogP contribution in [0.2, 0.25) is 0 Å².